The van der Waals surface area contributed by atoms with E-state index in [0.717, 1.165) is 32.1 Å². The van der Waals surface area contributed by atoms with Gasteiger partial charge in [0.2, 0.25) is 0 Å². The summed E-state index contributed by atoms with van der Waals surface area (Å²) in [6.45, 7) is 13.2. The van der Waals surface area contributed by atoms with Gasteiger partial charge in [0.05, 0.1) is 12.5 Å². The molecule has 0 N–H and O–H groups in total. The molecular weight excluding hydrogens is 352 g/mol. The molecule has 1 saturated heterocycles. The van der Waals surface area contributed by atoms with Crippen LogP contribution in [-0.2, 0) is 19.0 Å². The third-order valence-corrected chi connectivity index (χ3v) is 8.80. The van der Waals surface area contributed by atoms with E-state index in [0.29, 0.717) is 17.8 Å². The van der Waals surface area contributed by atoms with Gasteiger partial charge in [0.25, 0.3) is 0 Å². The van der Waals surface area contributed by atoms with Gasteiger partial charge in [0.1, 0.15) is 11.7 Å². The fourth-order valence-electron chi connectivity index (χ4n) is 7.43. The van der Waals surface area contributed by atoms with E-state index >= 15 is 0 Å². The summed E-state index contributed by atoms with van der Waals surface area (Å²) in [4.78, 5) is 12.8. The number of carbonyl (C=O) groups is 1. The molecule has 3 fully saturated rings. The van der Waals surface area contributed by atoms with Crippen molar-refractivity contribution in [1.82, 2.24) is 0 Å². The summed E-state index contributed by atoms with van der Waals surface area (Å²) in [6.07, 6.45) is 8.72. The molecule has 28 heavy (non-hydrogen) atoms. The van der Waals surface area contributed by atoms with Crippen LogP contribution >= 0.6 is 0 Å². The summed E-state index contributed by atoms with van der Waals surface area (Å²) < 4.78 is 18.4. The molecule has 6 atom stereocenters. The number of ether oxygens (including phenoxy) is 3. The predicted octanol–water partition coefficient (Wildman–Crippen LogP) is 5.26. The van der Waals surface area contributed by atoms with E-state index in [-0.39, 0.29) is 28.5 Å². The maximum absolute atomic E-state index is 12.8. The molecule has 4 aliphatic rings. The monoisotopic (exact) mass is 390 g/mol. The van der Waals surface area contributed by atoms with Gasteiger partial charge in [-0.1, -0.05) is 33.3 Å². The number of hydrogen-bond acceptors (Lipinski definition) is 4. The Hall–Kier alpha value is -0.870. The second-order valence-electron chi connectivity index (χ2n) is 11.0. The molecule has 0 aromatic rings. The van der Waals surface area contributed by atoms with Crippen LogP contribution < -0.4 is 0 Å². The Morgan fingerprint density at radius 3 is 2.54 bits per heavy atom. The fourth-order valence-corrected chi connectivity index (χ4v) is 7.43. The lowest BCUT2D eigenvalue weighted by Crippen LogP contribution is -2.58. The number of rotatable bonds is 2. The first kappa shape index (κ1) is 20.4. The highest BCUT2D eigenvalue weighted by atomic mass is 16.8. The fraction of sp³-hybridized carbons (Fsp3) is 0.875. The largest absolute Gasteiger partial charge is 0.469 e. The van der Waals surface area contributed by atoms with Crippen molar-refractivity contribution >= 4 is 5.97 Å². The van der Waals surface area contributed by atoms with Crippen LogP contribution in [0.3, 0.4) is 0 Å². The number of hydrogen-bond donors (Lipinski definition) is 0. The summed E-state index contributed by atoms with van der Waals surface area (Å²) >= 11 is 0. The van der Waals surface area contributed by atoms with Crippen molar-refractivity contribution in [2.24, 2.45) is 28.6 Å². The van der Waals surface area contributed by atoms with Gasteiger partial charge >= 0.3 is 5.97 Å². The van der Waals surface area contributed by atoms with E-state index < -0.39 is 5.79 Å². The lowest BCUT2D eigenvalue weighted by molar-refractivity contribution is -0.175. The molecule has 0 spiro atoms. The van der Waals surface area contributed by atoms with Crippen LogP contribution in [0.1, 0.15) is 80.1 Å². The van der Waals surface area contributed by atoms with E-state index in [9.17, 15) is 4.79 Å². The third-order valence-electron chi connectivity index (χ3n) is 8.80. The molecule has 1 aliphatic heterocycles. The standard InChI is InChI=1S/C24H38O4/c1-15(2)24-14-11-17-16(19(24)27-21(3,4)28-24)9-10-18-22(17,5)12-8-13-23(18,6)20(25)26-7/h9,15,17-19H,8,10-14H2,1-7H3/t17-,18+,19-,22+,23+,24-/m0/s1. The van der Waals surface area contributed by atoms with Crippen LogP contribution in [0.5, 0.6) is 0 Å². The minimum absolute atomic E-state index is 0.0327. The molecule has 4 heteroatoms. The first-order valence-electron chi connectivity index (χ1n) is 11.2. The molecule has 3 aliphatic carbocycles. The summed E-state index contributed by atoms with van der Waals surface area (Å²) in [5.41, 5.74) is 0.945. The minimum Gasteiger partial charge on any atom is -0.469 e. The van der Waals surface area contributed by atoms with Crippen molar-refractivity contribution in [2.75, 3.05) is 7.11 Å². The smallest absolute Gasteiger partial charge is 0.311 e. The normalized spacial score (nSPS) is 47.0. The second kappa shape index (κ2) is 6.31. The van der Waals surface area contributed by atoms with Crippen molar-refractivity contribution in [3.8, 4) is 0 Å². The molecule has 4 nitrogen and oxygen atoms in total. The maximum Gasteiger partial charge on any atom is 0.311 e. The molecule has 0 bridgehead atoms. The first-order chi connectivity index (χ1) is 13.0. The van der Waals surface area contributed by atoms with E-state index in [1.54, 1.807) is 0 Å². The quantitative estimate of drug-likeness (QED) is 0.477. The molecule has 2 saturated carbocycles. The molecule has 0 radical (unpaired) electrons. The molecular formula is C24H38O4. The molecule has 0 aromatic carbocycles. The van der Waals surface area contributed by atoms with Crippen molar-refractivity contribution in [2.45, 2.75) is 97.6 Å². The van der Waals surface area contributed by atoms with E-state index in [1.807, 2.05) is 13.8 Å². The molecule has 4 rings (SSSR count). The Morgan fingerprint density at radius 1 is 1.18 bits per heavy atom. The highest BCUT2D eigenvalue weighted by Gasteiger charge is 2.65. The van der Waals surface area contributed by atoms with Crippen LogP contribution in [0.25, 0.3) is 0 Å². The van der Waals surface area contributed by atoms with E-state index in [4.69, 9.17) is 14.2 Å². The Morgan fingerprint density at radius 2 is 1.89 bits per heavy atom. The van der Waals surface area contributed by atoms with E-state index in [1.165, 1.54) is 19.1 Å². The van der Waals surface area contributed by atoms with Gasteiger partial charge < -0.3 is 14.2 Å². The third kappa shape index (κ3) is 2.59. The number of carbonyl (C=O) groups excluding carboxylic acids is 1. The topological polar surface area (TPSA) is 44.8 Å². The number of esters is 1. The van der Waals surface area contributed by atoms with Gasteiger partial charge in [-0.05, 0) is 81.6 Å². The van der Waals surface area contributed by atoms with Crippen molar-refractivity contribution < 1.29 is 19.0 Å². The zero-order valence-electron chi connectivity index (χ0n) is 18.8. The minimum atomic E-state index is -0.546. The lowest BCUT2D eigenvalue weighted by Gasteiger charge is -2.59. The number of allylic oxidation sites excluding steroid dienone is 1. The maximum atomic E-state index is 12.8. The zero-order chi connectivity index (χ0) is 20.5. The SMILES string of the molecule is COC(=O)[C@]1(C)CCC[C@@]2(C)[C@H]1CC=C1[C@@H]2CC[C@@]2(C(C)C)OC(C)(C)O[C@@H]12. The summed E-state index contributed by atoms with van der Waals surface area (Å²) in [7, 11) is 1.53. The average Bonchev–Trinajstić information content (AvgIpc) is 2.92. The first-order valence-corrected chi connectivity index (χ1v) is 11.2. The van der Waals surface area contributed by atoms with Crippen LogP contribution in [0, 0.1) is 28.6 Å². The van der Waals surface area contributed by atoms with Crippen molar-refractivity contribution in [1.29, 1.82) is 0 Å². The zero-order valence-corrected chi connectivity index (χ0v) is 18.8. The Labute approximate surface area is 170 Å². The number of fused-ring (bicyclic) bond motifs is 5. The van der Waals surface area contributed by atoms with Gasteiger partial charge in [-0.3, -0.25) is 4.79 Å². The molecule has 1 heterocycles. The van der Waals surface area contributed by atoms with Crippen molar-refractivity contribution in [3.63, 3.8) is 0 Å². The van der Waals surface area contributed by atoms with Crippen LogP contribution in [0.2, 0.25) is 0 Å². The van der Waals surface area contributed by atoms with Gasteiger partial charge in [0, 0.05) is 0 Å². The second-order valence-corrected chi connectivity index (χ2v) is 11.0. The van der Waals surface area contributed by atoms with Crippen LogP contribution in [0.15, 0.2) is 11.6 Å². The van der Waals surface area contributed by atoms with Gasteiger partial charge in [-0.15, -0.1) is 0 Å². The molecule has 0 aromatic heterocycles. The highest BCUT2D eigenvalue weighted by Crippen LogP contribution is 2.65. The van der Waals surface area contributed by atoms with Gasteiger partial charge in [-0.25, -0.2) is 0 Å². The summed E-state index contributed by atoms with van der Waals surface area (Å²) in [5.74, 6) is 0.615. The molecule has 0 amide bonds. The lowest BCUT2D eigenvalue weighted by atomic mass is 9.45. The van der Waals surface area contributed by atoms with Crippen LogP contribution in [0.4, 0.5) is 0 Å². The Balaban J connectivity index is 1.76. The van der Waals surface area contributed by atoms with Crippen molar-refractivity contribution in [3.05, 3.63) is 11.6 Å². The summed E-state index contributed by atoms with van der Waals surface area (Å²) in [6, 6.07) is 0. The Kier molecular flexibility index (Phi) is 4.60. The van der Waals surface area contributed by atoms with E-state index in [2.05, 4.69) is 33.8 Å². The van der Waals surface area contributed by atoms with Gasteiger partial charge in [0.15, 0.2) is 5.79 Å². The predicted molar refractivity (Wildman–Crippen MR) is 109 cm³/mol. The van der Waals surface area contributed by atoms with Gasteiger partial charge in [-0.2, -0.15) is 0 Å². The average molecular weight is 391 g/mol. The number of methoxy groups -OCH3 is 1. The molecule has 0 unspecified atom stereocenters. The molecule has 158 valence electrons. The Bertz CT molecular complexity index is 695. The van der Waals surface area contributed by atoms with Crippen LogP contribution in [-0.4, -0.2) is 30.6 Å². The summed E-state index contributed by atoms with van der Waals surface area (Å²) in [5, 5.41) is 0. The highest BCUT2D eigenvalue weighted by molar-refractivity contribution is 5.77.